The highest BCUT2D eigenvalue weighted by atomic mass is 16.4. The summed E-state index contributed by atoms with van der Waals surface area (Å²) in [6.07, 6.45) is 0. The number of oxazole rings is 1. The lowest BCUT2D eigenvalue weighted by molar-refractivity contribution is 0.103. The third-order valence-corrected chi connectivity index (χ3v) is 3.60. The molecule has 3 nitrogen and oxygen atoms in total. The topological polar surface area (TPSA) is 43.1 Å². The first-order chi connectivity index (χ1) is 9.66. The molecule has 0 N–H and O–H groups in total. The molecule has 0 radical (unpaired) electrons. The van der Waals surface area contributed by atoms with Gasteiger partial charge in [0, 0.05) is 22.1 Å². The number of hydrogen-bond donors (Lipinski definition) is 0. The highest BCUT2D eigenvalue weighted by Crippen LogP contribution is 2.40. The number of ketones is 1. The fraction of sp³-hybridized carbons (Fsp3) is 0.0588. The van der Waals surface area contributed by atoms with Crippen LogP contribution in [0.1, 0.15) is 28.9 Å². The number of carbonyl (C=O) groups excluding carboxylic acids is 1. The van der Waals surface area contributed by atoms with Crippen molar-refractivity contribution in [3.63, 3.8) is 0 Å². The predicted molar refractivity (Wildman–Crippen MR) is 77.6 cm³/mol. The standard InChI is InChI=1S/C17H11NO2/c1-9(2)17-18-14-15(19)11-7-3-5-10-6-4-8-12(13(10)11)16(14)20-17/h3-8H,1H2,2H3. The van der Waals surface area contributed by atoms with E-state index in [1.165, 1.54) is 0 Å². The molecule has 1 aliphatic rings. The van der Waals surface area contributed by atoms with Gasteiger partial charge in [0.15, 0.2) is 11.5 Å². The zero-order chi connectivity index (χ0) is 13.9. The van der Waals surface area contributed by atoms with E-state index in [0.717, 1.165) is 16.3 Å². The zero-order valence-corrected chi connectivity index (χ0v) is 10.9. The number of fused-ring (bicyclic) bond motifs is 2. The van der Waals surface area contributed by atoms with Crippen molar-refractivity contribution >= 4 is 22.1 Å². The van der Waals surface area contributed by atoms with E-state index >= 15 is 0 Å². The summed E-state index contributed by atoms with van der Waals surface area (Å²) in [5, 5.41) is 1.98. The summed E-state index contributed by atoms with van der Waals surface area (Å²) < 4.78 is 5.75. The van der Waals surface area contributed by atoms with Crippen LogP contribution in [0.2, 0.25) is 0 Å². The van der Waals surface area contributed by atoms with Crippen LogP contribution in [0.15, 0.2) is 47.4 Å². The molecule has 0 bridgehead atoms. The van der Waals surface area contributed by atoms with Crippen molar-refractivity contribution in [2.24, 2.45) is 0 Å². The lowest BCUT2D eigenvalue weighted by Crippen LogP contribution is -2.09. The van der Waals surface area contributed by atoms with E-state index in [1.807, 2.05) is 43.3 Å². The third-order valence-electron chi connectivity index (χ3n) is 3.60. The van der Waals surface area contributed by atoms with Crippen LogP contribution in [-0.4, -0.2) is 10.8 Å². The van der Waals surface area contributed by atoms with Crippen LogP contribution in [0.5, 0.6) is 0 Å². The lowest BCUT2D eigenvalue weighted by Gasteiger charge is -2.14. The summed E-state index contributed by atoms with van der Waals surface area (Å²) in [5.74, 6) is 0.894. The Balaban J connectivity index is 2.17. The highest BCUT2D eigenvalue weighted by molar-refractivity contribution is 6.24. The van der Waals surface area contributed by atoms with Gasteiger partial charge < -0.3 is 4.42 Å². The number of nitrogens with zero attached hydrogens (tertiary/aromatic N) is 1. The number of aromatic nitrogens is 1. The molecule has 0 saturated carbocycles. The van der Waals surface area contributed by atoms with E-state index in [4.69, 9.17) is 4.42 Å². The molecule has 1 aromatic heterocycles. The second kappa shape index (κ2) is 3.67. The summed E-state index contributed by atoms with van der Waals surface area (Å²) in [6, 6.07) is 11.7. The van der Waals surface area contributed by atoms with E-state index in [2.05, 4.69) is 11.6 Å². The van der Waals surface area contributed by atoms with Gasteiger partial charge in [-0.05, 0) is 12.3 Å². The van der Waals surface area contributed by atoms with Crippen LogP contribution in [0, 0.1) is 0 Å². The summed E-state index contributed by atoms with van der Waals surface area (Å²) >= 11 is 0. The van der Waals surface area contributed by atoms with Crippen molar-refractivity contribution in [3.05, 3.63) is 60.1 Å². The van der Waals surface area contributed by atoms with Crippen LogP contribution >= 0.6 is 0 Å². The monoisotopic (exact) mass is 261 g/mol. The van der Waals surface area contributed by atoms with Crippen molar-refractivity contribution in [1.29, 1.82) is 0 Å². The maximum atomic E-state index is 12.6. The molecule has 0 atom stereocenters. The van der Waals surface area contributed by atoms with Gasteiger partial charge in [0.05, 0.1) is 0 Å². The van der Waals surface area contributed by atoms with Crippen molar-refractivity contribution in [3.8, 4) is 11.3 Å². The van der Waals surface area contributed by atoms with Crippen molar-refractivity contribution in [1.82, 2.24) is 4.98 Å². The first-order valence-corrected chi connectivity index (χ1v) is 6.40. The van der Waals surface area contributed by atoms with Crippen LogP contribution in [0.4, 0.5) is 0 Å². The fourth-order valence-electron chi connectivity index (χ4n) is 2.69. The average molecular weight is 261 g/mol. The molecule has 0 fully saturated rings. The van der Waals surface area contributed by atoms with Gasteiger partial charge in [0.25, 0.3) is 0 Å². The maximum Gasteiger partial charge on any atom is 0.222 e. The van der Waals surface area contributed by atoms with Crippen LogP contribution < -0.4 is 0 Å². The molecule has 0 unspecified atom stereocenters. The average Bonchev–Trinajstić information content (AvgIpc) is 2.90. The number of benzene rings is 2. The Morgan fingerprint density at radius 1 is 1.15 bits per heavy atom. The van der Waals surface area contributed by atoms with E-state index in [1.54, 1.807) is 0 Å². The highest BCUT2D eigenvalue weighted by Gasteiger charge is 2.30. The Morgan fingerprint density at radius 2 is 1.85 bits per heavy atom. The molecule has 2 aromatic carbocycles. The van der Waals surface area contributed by atoms with Crippen molar-refractivity contribution in [2.75, 3.05) is 0 Å². The summed E-state index contributed by atoms with van der Waals surface area (Å²) in [7, 11) is 0. The quantitative estimate of drug-likeness (QED) is 0.518. The van der Waals surface area contributed by atoms with Gasteiger partial charge in [-0.25, -0.2) is 4.98 Å². The van der Waals surface area contributed by atoms with Gasteiger partial charge in [-0.1, -0.05) is 43.0 Å². The Kier molecular flexibility index (Phi) is 2.05. The van der Waals surface area contributed by atoms with Gasteiger partial charge >= 0.3 is 0 Å². The molecule has 4 rings (SSSR count). The van der Waals surface area contributed by atoms with Gasteiger partial charge in [0.1, 0.15) is 0 Å². The molecule has 0 aliphatic heterocycles. The summed E-state index contributed by atoms with van der Waals surface area (Å²) in [4.78, 5) is 16.9. The SMILES string of the molecule is C=C(C)c1nc2c(o1)-c1cccc3cccc(c13)C2=O. The molecule has 0 saturated heterocycles. The van der Waals surface area contributed by atoms with E-state index in [9.17, 15) is 4.79 Å². The number of hydrogen-bond acceptors (Lipinski definition) is 3. The van der Waals surface area contributed by atoms with Gasteiger partial charge in [-0.15, -0.1) is 0 Å². The Hall–Kier alpha value is -2.68. The molecule has 1 aliphatic carbocycles. The Bertz CT molecular complexity index is 897. The minimum atomic E-state index is -0.0828. The van der Waals surface area contributed by atoms with Crippen LogP contribution in [0.3, 0.4) is 0 Å². The Labute approximate surface area is 115 Å². The summed E-state index contributed by atoms with van der Waals surface area (Å²) in [6.45, 7) is 5.64. The molecule has 0 amide bonds. The predicted octanol–water partition coefficient (Wildman–Crippen LogP) is 4.07. The maximum absolute atomic E-state index is 12.6. The van der Waals surface area contributed by atoms with Gasteiger partial charge in [-0.2, -0.15) is 0 Å². The zero-order valence-electron chi connectivity index (χ0n) is 10.9. The number of rotatable bonds is 1. The largest absolute Gasteiger partial charge is 0.436 e. The molecule has 3 heteroatoms. The van der Waals surface area contributed by atoms with E-state index in [-0.39, 0.29) is 5.78 Å². The lowest BCUT2D eigenvalue weighted by atomic mass is 9.89. The minimum absolute atomic E-state index is 0.0828. The minimum Gasteiger partial charge on any atom is -0.436 e. The molecule has 3 aromatic rings. The fourth-order valence-corrected chi connectivity index (χ4v) is 2.69. The first kappa shape index (κ1) is 11.2. The van der Waals surface area contributed by atoms with Crippen LogP contribution in [0.25, 0.3) is 27.7 Å². The molecule has 1 heterocycles. The molecule has 96 valence electrons. The molecular weight excluding hydrogens is 250 g/mol. The molecular formula is C17H11NO2. The van der Waals surface area contributed by atoms with Crippen molar-refractivity contribution < 1.29 is 9.21 Å². The van der Waals surface area contributed by atoms with E-state index in [0.29, 0.717) is 28.5 Å². The smallest absolute Gasteiger partial charge is 0.222 e. The van der Waals surface area contributed by atoms with Crippen molar-refractivity contribution in [2.45, 2.75) is 6.92 Å². The first-order valence-electron chi connectivity index (χ1n) is 6.40. The molecule has 0 spiro atoms. The van der Waals surface area contributed by atoms with E-state index < -0.39 is 0 Å². The second-order valence-corrected chi connectivity index (χ2v) is 5.02. The second-order valence-electron chi connectivity index (χ2n) is 5.02. The van der Waals surface area contributed by atoms with Gasteiger partial charge in [0.2, 0.25) is 11.7 Å². The normalized spacial score (nSPS) is 12.6. The van der Waals surface area contributed by atoms with Gasteiger partial charge in [-0.3, -0.25) is 4.79 Å². The summed E-state index contributed by atoms with van der Waals surface area (Å²) in [5.41, 5.74) is 2.71. The third kappa shape index (κ3) is 1.29. The number of carbonyl (C=O) groups is 1. The number of allylic oxidation sites excluding steroid dienone is 1. The van der Waals surface area contributed by atoms with Crippen LogP contribution in [-0.2, 0) is 0 Å². The molecule has 20 heavy (non-hydrogen) atoms. The Morgan fingerprint density at radius 3 is 2.55 bits per heavy atom.